The SMILES string of the molecule is CCCOc1ccc(Cc2nn3c(=O)c(=Cc4ccc(OC)c(OC)c4)sc3nc2=O)cc1. The van der Waals surface area contributed by atoms with Gasteiger partial charge < -0.3 is 14.2 Å². The van der Waals surface area contributed by atoms with Crippen molar-refractivity contribution in [3.8, 4) is 17.2 Å². The Morgan fingerprint density at radius 3 is 2.48 bits per heavy atom. The third-order valence-electron chi connectivity index (χ3n) is 4.92. The number of methoxy groups -OCH3 is 2. The molecule has 0 atom stereocenters. The third kappa shape index (κ3) is 4.88. The Morgan fingerprint density at radius 1 is 1.03 bits per heavy atom. The predicted octanol–water partition coefficient (Wildman–Crippen LogP) is 2.46. The van der Waals surface area contributed by atoms with Crippen LogP contribution in [-0.4, -0.2) is 35.4 Å². The summed E-state index contributed by atoms with van der Waals surface area (Å²) in [6.45, 7) is 2.69. The van der Waals surface area contributed by atoms with E-state index in [0.717, 1.165) is 34.6 Å². The smallest absolute Gasteiger partial charge is 0.296 e. The van der Waals surface area contributed by atoms with E-state index in [1.165, 1.54) is 4.52 Å². The lowest BCUT2D eigenvalue weighted by atomic mass is 10.1. The molecule has 0 amide bonds. The lowest BCUT2D eigenvalue weighted by Gasteiger charge is -2.07. The van der Waals surface area contributed by atoms with E-state index in [0.29, 0.717) is 22.6 Å². The first kappa shape index (κ1) is 22.5. The molecule has 0 radical (unpaired) electrons. The molecule has 0 spiro atoms. The van der Waals surface area contributed by atoms with Crippen LogP contribution in [0.25, 0.3) is 11.0 Å². The maximum atomic E-state index is 12.9. The number of fused-ring (bicyclic) bond motifs is 1. The van der Waals surface area contributed by atoms with Gasteiger partial charge in [-0.1, -0.05) is 36.5 Å². The number of benzene rings is 2. The van der Waals surface area contributed by atoms with Crippen LogP contribution < -0.4 is 29.9 Å². The number of aromatic nitrogens is 3. The van der Waals surface area contributed by atoms with E-state index in [1.54, 1.807) is 32.4 Å². The highest BCUT2D eigenvalue weighted by Gasteiger charge is 2.12. The molecule has 0 fully saturated rings. The van der Waals surface area contributed by atoms with E-state index in [-0.39, 0.29) is 22.6 Å². The summed E-state index contributed by atoms with van der Waals surface area (Å²) in [5.41, 5.74) is 1.07. The minimum atomic E-state index is -0.444. The Hall–Kier alpha value is -3.72. The average molecular weight is 466 g/mol. The standard InChI is InChI=1S/C24H23N3O5S/c1-4-11-32-17-8-5-15(6-9-17)12-18-22(28)25-24-27(26-18)23(29)21(33-24)14-16-7-10-19(30-2)20(13-16)31-3/h5-10,13-14H,4,11-12H2,1-3H3. The molecule has 2 aromatic heterocycles. The summed E-state index contributed by atoms with van der Waals surface area (Å²) in [5.74, 6) is 1.92. The van der Waals surface area contributed by atoms with E-state index >= 15 is 0 Å². The molecule has 0 saturated heterocycles. The van der Waals surface area contributed by atoms with Crippen molar-refractivity contribution in [2.75, 3.05) is 20.8 Å². The number of nitrogens with zero attached hydrogens (tertiary/aromatic N) is 3. The van der Waals surface area contributed by atoms with Crippen molar-refractivity contribution < 1.29 is 14.2 Å². The number of hydrogen-bond donors (Lipinski definition) is 0. The molecule has 2 aromatic carbocycles. The highest BCUT2D eigenvalue weighted by Crippen LogP contribution is 2.27. The van der Waals surface area contributed by atoms with Crippen LogP contribution in [-0.2, 0) is 6.42 Å². The molecule has 0 aliphatic carbocycles. The van der Waals surface area contributed by atoms with Gasteiger partial charge in [0, 0.05) is 6.42 Å². The lowest BCUT2D eigenvalue weighted by molar-refractivity contribution is 0.317. The molecule has 0 aliphatic rings. The molecule has 0 aliphatic heterocycles. The van der Waals surface area contributed by atoms with Gasteiger partial charge in [0.1, 0.15) is 11.4 Å². The van der Waals surface area contributed by atoms with Crippen molar-refractivity contribution in [1.82, 2.24) is 14.6 Å². The van der Waals surface area contributed by atoms with Crippen LogP contribution in [0.1, 0.15) is 30.2 Å². The largest absolute Gasteiger partial charge is 0.494 e. The maximum absolute atomic E-state index is 12.9. The van der Waals surface area contributed by atoms with Gasteiger partial charge in [-0.2, -0.15) is 14.6 Å². The summed E-state index contributed by atoms with van der Waals surface area (Å²) in [7, 11) is 3.11. The van der Waals surface area contributed by atoms with Crippen LogP contribution in [0.2, 0.25) is 0 Å². The first-order chi connectivity index (χ1) is 16.0. The highest BCUT2D eigenvalue weighted by molar-refractivity contribution is 7.15. The second-order valence-corrected chi connectivity index (χ2v) is 8.27. The van der Waals surface area contributed by atoms with Crippen LogP contribution >= 0.6 is 11.3 Å². The van der Waals surface area contributed by atoms with Gasteiger partial charge >= 0.3 is 0 Å². The van der Waals surface area contributed by atoms with Crippen LogP contribution in [0.4, 0.5) is 0 Å². The fourth-order valence-corrected chi connectivity index (χ4v) is 4.17. The van der Waals surface area contributed by atoms with Crippen molar-refractivity contribution >= 4 is 22.4 Å². The molecule has 0 unspecified atom stereocenters. The van der Waals surface area contributed by atoms with Gasteiger partial charge in [-0.05, 0) is 47.9 Å². The number of thiazole rings is 1. The van der Waals surface area contributed by atoms with Gasteiger partial charge in [0.2, 0.25) is 4.96 Å². The molecular formula is C24H23N3O5S. The summed E-state index contributed by atoms with van der Waals surface area (Å²) < 4.78 is 17.8. The number of hydrogen-bond acceptors (Lipinski definition) is 8. The molecule has 170 valence electrons. The maximum Gasteiger partial charge on any atom is 0.296 e. The normalized spacial score (nSPS) is 11.7. The summed E-state index contributed by atoms with van der Waals surface area (Å²) >= 11 is 1.11. The second-order valence-electron chi connectivity index (χ2n) is 7.26. The Kier molecular flexibility index (Phi) is 6.69. The quantitative estimate of drug-likeness (QED) is 0.395. The van der Waals surface area contributed by atoms with E-state index in [1.807, 2.05) is 37.3 Å². The molecule has 0 saturated carbocycles. The van der Waals surface area contributed by atoms with Crippen LogP contribution in [0, 0.1) is 0 Å². The van der Waals surface area contributed by atoms with Gasteiger partial charge in [0.05, 0.1) is 25.4 Å². The second kappa shape index (κ2) is 9.83. The van der Waals surface area contributed by atoms with E-state index in [2.05, 4.69) is 10.1 Å². The molecule has 2 heterocycles. The molecule has 4 rings (SSSR count). The Balaban J connectivity index is 1.67. The van der Waals surface area contributed by atoms with Crippen LogP contribution in [0.5, 0.6) is 17.2 Å². The van der Waals surface area contributed by atoms with Gasteiger partial charge in [-0.25, -0.2) is 0 Å². The van der Waals surface area contributed by atoms with Crippen molar-refractivity contribution in [1.29, 1.82) is 0 Å². The molecular weight excluding hydrogens is 442 g/mol. The molecule has 0 N–H and O–H groups in total. The predicted molar refractivity (Wildman–Crippen MR) is 127 cm³/mol. The summed E-state index contributed by atoms with van der Waals surface area (Å²) in [6, 6.07) is 12.8. The minimum absolute atomic E-state index is 0.210. The minimum Gasteiger partial charge on any atom is -0.494 e. The highest BCUT2D eigenvalue weighted by atomic mass is 32.1. The van der Waals surface area contributed by atoms with Gasteiger partial charge in [0.25, 0.3) is 11.1 Å². The van der Waals surface area contributed by atoms with Crippen molar-refractivity contribution in [3.63, 3.8) is 0 Å². The summed E-state index contributed by atoms with van der Waals surface area (Å²) in [4.78, 5) is 29.8. The van der Waals surface area contributed by atoms with Crippen LogP contribution in [0.3, 0.4) is 0 Å². The first-order valence-corrected chi connectivity index (χ1v) is 11.2. The zero-order valence-corrected chi connectivity index (χ0v) is 19.3. The van der Waals surface area contributed by atoms with E-state index in [9.17, 15) is 9.59 Å². The number of rotatable bonds is 8. The average Bonchev–Trinajstić information content (AvgIpc) is 3.12. The zero-order chi connectivity index (χ0) is 23.4. The van der Waals surface area contributed by atoms with E-state index in [4.69, 9.17) is 14.2 Å². The Morgan fingerprint density at radius 2 is 1.79 bits per heavy atom. The third-order valence-corrected chi connectivity index (χ3v) is 5.88. The Labute approximate surface area is 193 Å². The fraction of sp³-hybridized carbons (Fsp3) is 0.250. The van der Waals surface area contributed by atoms with Crippen molar-refractivity contribution in [2.45, 2.75) is 19.8 Å². The number of ether oxygens (including phenoxy) is 3. The topological polar surface area (TPSA) is 92.0 Å². The molecule has 4 aromatic rings. The van der Waals surface area contributed by atoms with Crippen molar-refractivity contribution in [3.05, 3.63) is 84.5 Å². The van der Waals surface area contributed by atoms with Crippen molar-refractivity contribution in [2.24, 2.45) is 0 Å². The Bertz CT molecular complexity index is 1440. The van der Waals surface area contributed by atoms with Gasteiger partial charge in [-0.3, -0.25) is 9.59 Å². The zero-order valence-electron chi connectivity index (χ0n) is 18.5. The summed E-state index contributed by atoms with van der Waals surface area (Å²) in [5, 5.41) is 4.31. The fourth-order valence-electron chi connectivity index (χ4n) is 3.26. The molecule has 33 heavy (non-hydrogen) atoms. The first-order valence-electron chi connectivity index (χ1n) is 10.4. The molecule has 8 nitrogen and oxygen atoms in total. The summed E-state index contributed by atoms with van der Waals surface area (Å²) in [6.07, 6.45) is 2.91. The molecule has 9 heteroatoms. The monoisotopic (exact) mass is 465 g/mol. The van der Waals surface area contributed by atoms with E-state index < -0.39 is 5.56 Å². The lowest BCUT2D eigenvalue weighted by Crippen LogP contribution is -2.28. The van der Waals surface area contributed by atoms with Gasteiger partial charge in [-0.15, -0.1) is 0 Å². The van der Waals surface area contributed by atoms with Gasteiger partial charge in [0.15, 0.2) is 11.5 Å². The molecule has 0 bridgehead atoms. The van der Waals surface area contributed by atoms with Crippen LogP contribution in [0.15, 0.2) is 52.1 Å².